The fraction of sp³-hybridized carbons (Fsp3) is 0.385. The van der Waals surface area contributed by atoms with Crippen LogP contribution >= 0.6 is 0 Å². The Morgan fingerprint density at radius 1 is 1.34 bits per heavy atom. The van der Waals surface area contributed by atoms with Gasteiger partial charge < -0.3 is 20.5 Å². The fourth-order valence-corrected chi connectivity index (χ4v) is 5.06. The molecule has 1 aromatic carbocycles. The van der Waals surface area contributed by atoms with E-state index in [1.165, 1.54) is 11.6 Å². The number of hydrogen-bond donors (Lipinski definition) is 2. The standard InChI is InChI=1S/C26H31N5O/c1-6-11-20-15-21-23(27)29-24(18-14-17(3)30(16-18)22(32)7-2)31(25(21)28-20)26(4,5)19-12-9-8-10-13-19/h7-10,12-13,15,17-18,24,28H,2,14,16H2,1,3-5H3,(H2,27,29)/t17-,18+,24?/m0/s1. The number of aliphatic imine (C=N–C) groups is 1. The minimum Gasteiger partial charge on any atom is -0.383 e. The van der Waals surface area contributed by atoms with Crippen LogP contribution in [0.25, 0.3) is 0 Å². The van der Waals surface area contributed by atoms with Gasteiger partial charge in [-0.15, -0.1) is 0 Å². The number of fused-ring (bicyclic) bond motifs is 1. The summed E-state index contributed by atoms with van der Waals surface area (Å²) in [5.74, 6) is 7.59. The predicted octanol–water partition coefficient (Wildman–Crippen LogP) is 3.60. The maximum absolute atomic E-state index is 12.4. The van der Waals surface area contributed by atoms with Crippen molar-refractivity contribution in [1.29, 1.82) is 0 Å². The van der Waals surface area contributed by atoms with Crippen molar-refractivity contribution < 1.29 is 4.79 Å². The molecule has 4 rings (SSSR count). The lowest BCUT2D eigenvalue weighted by Gasteiger charge is -2.47. The molecule has 32 heavy (non-hydrogen) atoms. The Labute approximate surface area is 190 Å². The third kappa shape index (κ3) is 3.58. The minimum absolute atomic E-state index is 0.0392. The molecule has 1 amide bonds. The highest BCUT2D eigenvalue weighted by atomic mass is 16.2. The number of hydrogen-bond acceptors (Lipinski definition) is 4. The maximum atomic E-state index is 12.4. The van der Waals surface area contributed by atoms with Crippen LogP contribution in [0.5, 0.6) is 0 Å². The summed E-state index contributed by atoms with van der Waals surface area (Å²) >= 11 is 0. The topological polar surface area (TPSA) is 77.7 Å². The van der Waals surface area contributed by atoms with E-state index >= 15 is 0 Å². The first-order valence-corrected chi connectivity index (χ1v) is 11.0. The van der Waals surface area contributed by atoms with E-state index in [0.29, 0.717) is 12.4 Å². The molecule has 1 saturated heterocycles. The summed E-state index contributed by atoms with van der Waals surface area (Å²) < 4.78 is 0. The SMILES string of the molecule is C=CC(=O)N1C[C@H](C2N=C(N)c3cc(C#CC)[nH]c3N2C(C)(C)c2ccccc2)C[C@@H]1C. The molecule has 2 aromatic rings. The second-order valence-corrected chi connectivity index (χ2v) is 9.08. The molecule has 0 spiro atoms. The van der Waals surface area contributed by atoms with E-state index in [0.717, 1.165) is 23.5 Å². The number of amidine groups is 1. The smallest absolute Gasteiger partial charge is 0.246 e. The predicted molar refractivity (Wildman–Crippen MR) is 129 cm³/mol. The number of nitrogens with one attached hydrogen (secondary N) is 1. The number of carbonyl (C=O) groups excluding carboxylic acids is 1. The Morgan fingerprint density at radius 3 is 2.72 bits per heavy atom. The van der Waals surface area contributed by atoms with E-state index in [9.17, 15) is 4.79 Å². The van der Waals surface area contributed by atoms with Gasteiger partial charge in [0.05, 0.1) is 16.8 Å². The van der Waals surface area contributed by atoms with Crippen molar-refractivity contribution in [3.8, 4) is 11.8 Å². The lowest BCUT2D eigenvalue weighted by Crippen LogP contribution is -2.54. The van der Waals surface area contributed by atoms with Crippen LogP contribution in [0.4, 0.5) is 5.82 Å². The molecule has 3 heterocycles. The number of benzene rings is 1. The largest absolute Gasteiger partial charge is 0.383 e. The van der Waals surface area contributed by atoms with Gasteiger partial charge >= 0.3 is 0 Å². The van der Waals surface area contributed by atoms with E-state index in [-0.39, 0.29) is 29.6 Å². The van der Waals surface area contributed by atoms with Gasteiger partial charge in [0.2, 0.25) is 5.91 Å². The zero-order chi connectivity index (χ0) is 23.0. The molecule has 1 aromatic heterocycles. The zero-order valence-electron chi connectivity index (χ0n) is 19.2. The molecule has 3 N–H and O–H groups in total. The quantitative estimate of drug-likeness (QED) is 0.576. The monoisotopic (exact) mass is 429 g/mol. The summed E-state index contributed by atoms with van der Waals surface area (Å²) in [6, 6.07) is 12.5. The van der Waals surface area contributed by atoms with Gasteiger partial charge in [0.15, 0.2) is 0 Å². The molecule has 0 saturated carbocycles. The number of aromatic nitrogens is 1. The average molecular weight is 430 g/mol. The molecule has 1 fully saturated rings. The molecule has 0 radical (unpaired) electrons. The number of likely N-dealkylation sites (tertiary alicyclic amines) is 1. The molecular formula is C26H31N5O. The van der Waals surface area contributed by atoms with Gasteiger partial charge in [0, 0.05) is 18.5 Å². The normalized spacial score (nSPS) is 22.6. The van der Waals surface area contributed by atoms with Gasteiger partial charge in [-0.25, -0.2) is 4.99 Å². The van der Waals surface area contributed by atoms with Gasteiger partial charge in [-0.05, 0) is 57.7 Å². The third-order valence-corrected chi connectivity index (χ3v) is 6.68. The van der Waals surface area contributed by atoms with Crippen LogP contribution in [-0.2, 0) is 10.3 Å². The fourth-order valence-electron chi connectivity index (χ4n) is 5.06. The number of anilines is 1. The Morgan fingerprint density at radius 2 is 2.06 bits per heavy atom. The van der Waals surface area contributed by atoms with Crippen LogP contribution in [0.15, 0.2) is 54.0 Å². The van der Waals surface area contributed by atoms with Gasteiger partial charge in [0.25, 0.3) is 0 Å². The Hall–Kier alpha value is -3.46. The lowest BCUT2D eigenvalue weighted by atomic mass is 9.88. The summed E-state index contributed by atoms with van der Waals surface area (Å²) in [5.41, 5.74) is 8.95. The minimum atomic E-state index is -0.383. The van der Waals surface area contributed by atoms with E-state index in [1.54, 1.807) is 0 Å². The number of nitrogens with two attached hydrogens (primary N) is 1. The van der Waals surface area contributed by atoms with Gasteiger partial charge in [-0.3, -0.25) is 4.79 Å². The Balaban J connectivity index is 1.82. The van der Waals surface area contributed by atoms with Gasteiger partial charge in [-0.1, -0.05) is 42.8 Å². The molecule has 6 heteroatoms. The first-order chi connectivity index (χ1) is 15.3. The second-order valence-electron chi connectivity index (χ2n) is 9.08. The van der Waals surface area contributed by atoms with Gasteiger partial charge in [0.1, 0.15) is 17.8 Å². The number of H-pyrrole nitrogens is 1. The summed E-state index contributed by atoms with van der Waals surface area (Å²) in [7, 11) is 0. The van der Waals surface area contributed by atoms with Crippen molar-refractivity contribution in [2.75, 3.05) is 11.4 Å². The van der Waals surface area contributed by atoms with Crippen molar-refractivity contribution in [3.05, 3.63) is 65.9 Å². The van der Waals surface area contributed by atoms with E-state index in [4.69, 9.17) is 10.7 Å². The Kier molecular flexibility index (Phi) is 5.60. The van der Waals surface area contributed by atoms with Crippen molar-refractivity contribution in [1.82, 2.24) is 9.88 Å². The molecule has 166 valence electrons. The average Bonchev–Trinajstić information content (AvgIpc) is 3.37. The van der Waals surface area contributed by atoms with Crippen LogP contribution in [-0.4, -0.2) is 40.4 Å². The molecule has 2 aliphatic heterocycles. The van der Waals surface area contributed by atoms with Gasteiger partial charge in [-0.2, -0.15) is 0 Å². The van der Waals surface area contributed by atoms with Crippen LogP contribution in [0.1, 0.15) is 50.9 Å². The first kappa shape index (κ1) is 21.8. The first-order valence-electron chi connectivity index (χ1n) is 11.0. The van der Waals surface area contributed by atoms with E-state index in [2.05, 4.69) is 73.3 Å². The number of rotatable bonds is 4. The van der Waals surface area contributed by atoms with Crippen LogP contribution < -0.4 is 10.6 Å². The molecule has 2 aliphatic rings. The molecule has 1 unspecified atom stereocenters. The molecule has 3 atom stereocenters. The number of amides is 1. The highest BCUT2D eigenvalue weighted by Crippen LogP contribution is 2.43. The second kappa shape index (κ2) is 8.23. The maximum Gasteiger partial charge on any atom is 0.246 e. The number of nitrogens with zero attached hydrogens (tertiary/aromatic N) is 3. The third-order valence-electron chi connectivity index (χ3n) is 6.68. The highest BCUT2D eigenvalue weighted by molar-refractivity contribution is 6.04. The molecule has 0 aliphatic carbocycles. The van der Waals surface area contributed by atoms with Crippen molar-refractivity contribution in [2.45, 2.75) is 51.9 Å². The summed E-state index contributed by atoms with van der Waals surface area (Å²) in [5, 5.41) is 0. The Bertz CT molecular complexity index is 1120. The van der Waals surface area contributed by atoms with E-state index < -0.39 is 0 Å². The van der Waals surface area contributed by atoms with Crippen molar-refractivity contribution >= 4 is 17.6 Å². The van der Waals surface area contributed by atoms with Crippen molar-refractivity contribution in [2.24, 2.45) is 16.6 Å². The number of carbonyl (C=O) groups is 1. The highest BCUT2D eigenvalue weighted by Gasteiger charge is 2.46. The van der Waals surface area contributed by atoms with E-state index in [1.807, 2.05) is 24.0 Å². The van der Waals surface area contributed by atoms with Crippen molar-refractivity contribution in [3.63, 3.8) is 0 Å². The van der Waals surface area contributed by atoms with Crippen LogP contribution in [0.3, 0.4) is 0 Å². The summed E-state index contributed by atoms with van der Waals surface area (Å²) in [6.07, 6.45) is 2.02. The molecule has 6 nitrogen and oxygen atoms in total. The lowest BCUT2D eigenvalue weighted by molar-refractivity contribution is -0.126. The summed E-state index contributed by atoms with van der Waals surface area (Å²) in [6.45, 7) is 12.6. The molecular weight excluding hydrogens is 398 g/mol. The number of aromatic amines is 1. The van der Waals surface area contributed by atoms with Crippen LogP contribution in [0.2, 0.25) is 0 Å². The zero-order valence-corrected chi connectivity index (χ0v) is 19.2. The summed E-state index contributed by atoms with van der Waals surface area (Å²) in [4.78, 5) is 25.1. The van der Waals surface area contributed by atoms with Crippen LogP contribution in [0, 0.1) is 17.8 Å². The molecule has 0 bridgehead atoms.